The number of benzene rings is 1. The van der Waals surface area contributed by atoms with Gasteiger partial charge in [0.25, 0.3) is 0 Å². The molecule has 0 radical (unpaired) electrons. The highest BCUT2D eigenvalue weighted by atomic mass is 32.2. The molecule has 0 bridgehead atoms. The van der Waals surface area contributed by atoms with E-state index in [4.69, 9.17) is 0 Å². The van der Waals surface area contributed by atoms with Crippen molar-refractivity contribution in [3.8, 4) is 0 Å². The molecule has 0 heterocycles. The Labute approximate surface area is 124 Å². The summed E-state index contributed by atoms with van der Waals surface area (Å²) in [4.78, 5) is 11.7. The lowest BCUT2D eigenvalue weighted by molar-refractivity contribution is -0.140. The highest BCUT2D eigenvalue weighted by Crippen LogP contribution is 2.26. The first-order valence-electron chi connectivity index (χ1n) is 6.72. The molecule has 1 aromatic rings. The van der Waals surface area contributed by atoms with Crippen LogP contribution in [-0.2, 0) is 16.1 Å². The largest absolute Gasteiger partial charge is 0.469 e. The Kier molecular flexibility index (Phi) is 7.62. The number of hydrogen-bond donors (Lipinski definition) is 1. The van der Waals surface area contributed by atoms with E-state index in [1.54, 1.807) is 6.07 Å². The second kappa shape index (κ2) is 8.97. The third-order valence-electron chi connectivity index (χ3n) is 2.70. The van der Waals surface area contributed by atoms with E-state index < -0.39 is 0 Å². The molecule has 0 aromatic heterocycles. The SMILES string of the molecule is COC(=O)CCSc1c(F)cccc1CNCC(C)C. The summed E-state index contributed by atoms with van der Waals surface area (Å²) >= 11 is 1.36. The van der Waals surface area contributed by atoms with E-state index >= 15 is 0 Å². The zero-order valence-electron chi connectivity index (χ0n) is 12.2. The van der Waals surface area contributed by atoms with Gasteiger partial charge in [0.05, 0.1) is 13.5 Å². The van der Waals surface area contributed by atoms with Crippen LogP contribution in [-0.4, -0.2) is 25.4 Å². The number of thioether (sulfide) groups is 1. The molecule has 0 aliphatic carbocycles. The van der Waals surface area contributed by atoms with Crippen LogP contribution >= 0.6 is 11.8 Å². The van der Waals surface area contributed by atoms with Crippen molar-refractivity contribution in [2.45, 2.75) is 31.7 Å². The van der Waals surface area contributed by atoms with Crippen molar-refractivity contribution in [3.63, 3.8) is 0 Å². The Bertz CT molecular complexity index is 438. The normalized spacial score (nSPS) is 10.8. The molecule has 0 unspecified atom stereocenters. The summed E-state index contributed by atoms with van der Waals surface area (Å²) in [6, 6.07) is 5.08. The van der Waals surface area contributed by atoms with Gasteiger partial charge in [0, 0.05) is 17.2 Å². The van der Waals surface area contributed by atoms with Crippen molar-refractivity contribution in [2.24, 2.45) is 5.92 Å². The zero-order valence-corrected chi connectivity index (χ0v) is 13.1. The van der Waals surface area contributed by atoms with Crippen LogP contribution < -0.4 is 5.32 Å². The first kappa shape index (κ1) is 17.0. The molecule has 0 saturated heterocycles. The van der Waals surface area contributed by atoms with Crippen molar-refractivity contribution in [3.05, 3.63) is 29.6 Å². The second-order valence-electron chi connectivity index (χ2n) is 4.93. The van der Waals surface area contributed by atoms with Gasteiger partial charge in [-0.2, -0.15) is 0 Å². The maximum absolute atomic E-state index is 13.9. The maximum Gasteiger partial charge on any atom is 0.306 e. The minimum Gasteiger partial charge on any atom is -0.469 e. The van der Waals surface area contributed by atoms with Crippen molar-refractivity contribution < 1.29 is 13.9 Å². The lowest BCUT2D eigenvalue weighted by Crippen LogP contribution is -2.19. The van der Waals surface area contributed by atoms with E-state index in [9.17, 15) is 9.18 Å². The van der Waals surface area contributed by atoms with Crippen LogP contribution in [0.15, 0.2) is 23.1 Å². The van der Waals surface area contributed by atoms with Crippen molar-refractivity contribution in [2.75, 3.05) is 19.4 Å². The Hall–Kier alpha value is -1.07. The molecular weight excluding hydrogens is 277 g/mol. The number of hydrogen-bond acceptors (Lipinski definition) is 4. The topological polar surface area (TPSA) is 38.3 Å². The molecule has 0 aliphatic heterocycles. The van der Waals surface area contributed by atoms with Crippen molar-refractivity contribution >= 4 is 17.7 Å². The highest BCUT2D eigenvalue weighted by Gasteiger charge is 2.10. The van der Waals surface area contributed by atoms with Gasteiger partial charge in [-0.05, 0) is 24.1 Å². The van der Waals surface area contributed by atoms with Gasteiger partial charge in [-0.1, -0.05) is 26.0 Å². The van der Waals surface area contributed by atoms with Crippen LogP contribution in [0.1, 0.15) is 25.8 Å². The number of halogens is 1. The van der Waals surface area contributed by atoms with Crippen LogP contribution in [0.3, 0.4) is 0 Å². The summed E-state index contributed by atoms with van der Waals surface area (Å²) in [6.07, 6.45) is 0.286. The number of rotatable bonds is 8. The predicted molar refractivity (Wildman–Crippen MR) is 80.3 cm³/mol. The molecule has 0 aliphatic rings. The van der Waals surface area contributed by atoms with Gasteiger partial charge in [0.1, 0.15) is 5.82 Å². The molecule has 0 fully saturated rings. The third kappa shape index (κ3) is 5.92. The minimum atomic E-state index is -0.270. The minimum absolute atomic E-state index is 0.233. The van der Waals surface area contributed by atoms with Crippen LogP contribution in [0.25, 0.3) is 0 Å². The Balaban J connectivity index is 2.60. The lowest BCUT2D eigenvalue weighted by atomic mass is 10.2. The Morgan fingerprint density at radius 2 is 2.20 bits per heavy atom. The molecule has 0 atom stereocenters. The summed E-state index contributed by atoms with van der Waals surface area (Å²) < 4.78 is 18.5. The van der Waals surface area contributed by atoms with Gasteiger partial charge in [0.15, 0.2) is 0 Å². The standard InChI is InChI=1S/C15H22FNO2S/c1-11(2)9-17-10-12-5-4-6-13(16)15(12)20-8-7-14(18)19-3/h4-6,11,17H,7-10H2,1-3H3. The number of esters is 1. The van der Waals surface area contributed by atoms with E-state index in [0.717, 1.165) is 12.1 Å². The van der Waals surface area contributed by atoms with E-state index in [0.29, 0.717) is 23.1 Å². The van der Waals surface area contributed by atoms with E-state index in [1.807, 2.05) is 6.07 Å². The van der Waals surface area contributed by atoms with Gasteiger partial charge in [-0.3, -0.25) is 4.79 Å². The highest BCUT2D eigenvalue weighted by molar-refractivity contribution is 7.99. The summed E-state index contributed by atoms with van der Waals surface area (Å²) in [5.41, 5.74) is 0.931. The summed E-state index contributed by atoms with van der Waals surface area (Å²) in [6.45, 7) is 5.79. The quantitative estimate of drug-likeness (QED) is 0.591. The molecule has 0 spiro atoms. The number of methoxy groups -OCH3 is 1. The summed E-state index contributed by atoms with van der Waals surface area (Å²) in [7, 11) is 1.36. The monoisotopic (exact) mass is 299 g/mol. The molecule has 3 nitrogen and oxygen atoms in total. The van der Waals surface area contributed by atoms with Crippen molar-refractivity contribution in [1.82, 2.24) is 5.32 Å². The molecule has 1 aromatic carbocycles. The predicted octanol–water partition coefficient (Wildman–Crippen LogP) is 3.23. The first-order valence-corrected chi connectivity index (χ1v) is 7.71. The molecule has 5 heteroatoms. The van der Waals surface area contributed by atoms with Crippen molar-refractivity contribution in [1.29, 1.82) is 0 Å². The van der Waals surface area contributed by atoms with Crippen LogP contribution in [0, 0.1) is 11.7 Å². The molecule has 0 saturated carbocycles. The number of carbonyl (C=O) groups is 1. The average Bonchev–Trinajstić information content (AvgIpc) is 2.41. The zero-order chi connectivity index (χ0) is 15.0. The fourth-order valence-corrected chi connectivity index (χ4v) is 2.69. The van der Waals surface area contributed by atoms with Crippen LogP contribution in [0.5, 0.6) is 0 Å². The average molecular weight is 299 g/mol. The number of ether oxygens (including phenoxy) is 1. The molecule has 112 valence electrons. The van der Waals surface area contributed by atoms with Gasteiger partial charge >= 0.3 is 5.97 Å². The van der Waals surface area contributed by atoms with Crippen LogP contribution in [0.2, 0.25) is 0 Å². The molecule has 1 rings (SSSR count). The second-order valence-corrected chi connectivity index (χ2v) is 6.03. The third-order valence-corrected chi connectivity index (χ3v) is 3.85. The van der Waals surface area contributed by atoms with Crippen LogP contribution in [0.4, 0.5) is 4.39 Å². The van der Waals surface area contributed by atoms with E-state index in [-0.39, 0.29) is 18.2 Å². The summed E-state index contributed by atoms with van der Waals surface area (Å²) in [5.74, 6) is 0.571. The molecular formula is C15H22FNO2S. The van der Waals surface area contributed by atoms with Gasteiger partial charge in [-0.25, -0.2) is 4.39 Å². The Morgan fingerprint density at radius 3 is 2.85 bits per heavy atom. The molecule has 20 heavy (non-hydrogen) atoms. The fraction of sp³-hybridized carbons (Fsp3) is 0.533. The van der Waals surface area contributed by atoms with Gasteiger partial charge in [0.2, 0.25) is 0 Å². The van der Waals surface area contributed by atoms with Gasteiger partial charge in [-0.15, -0.1) is 11.8 Å². The fourth-order valence-electron chi connectivity index (χ4n) is 1.69. The smallest absolute Gasteiger partial charge is 0.306 e. The van der Waals surface area contributed by atoms with Gasteiger partial charge < -0.3 is 10.1 Å². The van der Waals surface area contributed by atoms with E-state index in [1.165, 1.54) is 24.9 Å². The van der Waals surface area contributed by atoms with E-state index in [2.05, 4.69) is 23.9 Å². The maximum atomic E-state index is 13.9. The lowest BCUT2D eigenvalue weighted by Gasteiger charge is -2.12. The number of nitrogens with one attached hydrogen (secondary N) is 1. The molecule has 1 N–H and O–H groups in total. The summed E-state index contributed by atoms with van der Waals surface area (Å²) in [5, 5.41) is 3.31. The Morgan fingerprint density at radius 1 is 1.45 bits per heavy atom. The first-order chi connectivity index (χ1) is 9.54. The number of carbonyl (C=O) groups excluding carboxylic acids is 1. The molecule has 0 amide bonds.